The first-order chi connectivity index (χ1) is 14.3. The molecule has 0 aliphatic carbocycles. The fourth-order valence-corrected chi connectivity index (χ4v) is 5.24. The quantitative estimate of drug-likeness (QED) is 0.574. The normalized spacial score (nSPS) is 11.6. The van der Waals surface area contributed by atoms with Gasteiger partial charge in [-0.25, -0.2) is 13.4 Å². The van der Waals surface area contributed by atoms with Gasteiger partial charge in [0.1, 0.15) is 0 Å². The van der Waals surface area contributed by atoms with E-state index in [1.165, 1.54) is 10.4 Å². The molecular weight excluding hydrogens is 418 g/mol. The molecule has 3 rings (SSSR count). The lowest BCUT2D eigenvalue weighted by Crippen LogP contribution is -2.30. The third kappa shape index (κ3) is 4.61. The maximum absolute atomic E-state index is 12.9. The SMILES string of the molecule is CCN(CC)S(=O)(=O)c1ccc(C)c(C(=O)Nc2ccc(-c3csc(C)n3)cc2)c1. The van der Waals surface area contributed by atoms with Gasteiger partial charge in [-0.2, -0.15) is 4.31 Å². The molecule has 0 spiro atoms. The van der Waals surface area contributed by atoms with E-state index in [2.05, 4.69) is 10.3 Å². The van der Waals surface area contributed by atoms with Gasteiger partial charge in [0.2, 0.25) is 10.0 Å². The second kappa shape index (κ2) is 9.07. The molecule has 1 heterocycles. The van der Waals surface area contributed by atoms with Crippen LogP contribution in [0.4, 0.5) is 5.69 Å². The first-order valence-corrected chi connectivity index (χ1v) is 12.0. The summed E-state index contributed by atoms with van der Waals surface area (Å²) in [5, 5.41) is 5.85. The van der Waals surface area contributed by atoms with Gasteiger partial charge in [0.15, 0.2) is 0 Å². The van der Waals surface area contributed by atoms with Crippen molar-refractivity contribution in [2.75, 3.05) is 18.4 Å². The highest BCUT2D eigenvalue weighted by Gasteiger charge is 2.23. The predicted molar refractivity (Wildman–Crippen MR) is 122 cm³/mol. The molecule has 0 radical (unpaired) electrons. The summed E-state index contributed by atoms with van der Waals surface area (Å²) in [6, 6.07) is 12.1. The number of amides is 1. The lowest BCUT2D eigenvalue weighted by molar-refractivity contribution is 0.102. The Kier molecular flexibility index (Phi) is 6.70. The lowest BCUT2D eigenvalue weighted by atomic mass is 10.1. The maximum Gasteiger partial charge on any atom is 0.255 e. The number of thiazole rings is 1. The molecule has 30 heavy (non-hydrogen) atoms. The Morgan fingerprint density at radius 3 is 2.30 bits per heavy atom. The van der Waals surface area contributed by atoms with Gasteiger partial charge < -0.3 is 5.32 Å². The van der Waals surface area contributed by atoms with E-state index in [0.717, 1.165) is 16.3 Å². The summed E-state index contributed by atoms with van der Waals surface area (Å²) in [5.74, 6) is -0.346. The highest BCUT2D eigenvalue weighted by Crippen LogP contribution is 2.24. The molecule has 158 valence electrons. The summed E-state index contributed by atoms with van der Waals surface area (Å²) in [7, 11) is -3.63. The minimum absolute atomic E-state index is 0.121. The van der Waals surface area contributed by atoms with Crippen LogP contribution in [0.15, 0.2) is 52.7 Å². The Labute approximate surface area is 181 Å². The van der Waals surface area contributed by atoms with Crippen LogP contribution in [0.3, 0.4) is 0 Å². The van der Waals surface area contributed by atoms with Crippen LogP contribution >= 0.6 is 11.3 Å². The molecule has 1 N–H and O–H groups in total. The predicted octanol–water partition coefficient (Wildman–Crippen LogP) is 4.71. The molecule has 0 saturated carbocycles. The molecule has 0 aliphatic heterocycles. The van der Waals surface area contributed by atoms with E-state index >= 15 is 0 Å². The minimum Gasteiger partial charge on any atom is -0.322 e. The Balaban J connectivity index is 1.83. The maximum atomic E-state index is 12.9. The number of carbonyl (C=O) groups is 1. The van der Waals surface area contributed by atoms with Crippen molar-refractivity contribution in [3.05, 3.63) is 64.0 Å². The molecule has 1 aromatic heterocycles. The molecule has 6 nitrogen and oxygen atoms in total. The first-order valence-electron chi connectivity index (χ1n) is 9.71. The Morgan fingerprint density at radius 1 is 1.07 bits per heavy atom. The molecule has 2 aromatic carbocycles. The summed E-state index contributed by atoms with van der Waals surface area (Å²) in [4.78, 5) is 17.4. The fourth-order valence-electron chi connectivity index (χ4n) is 3.14. The number of nitrogens with zero attached hydrogens (tertiary/aromatic N) is 2. The standard InChI is InChI=1S/C22H25N3O3S2/c1-5-25(6-2)30(27,28)19-12-7-15(3)20(13-19)22(26)24-18-10-8-17(9-11-18)21-14-29-16(4)23-21/h7-14H,5-6H2,1-4H3,(H,24,26). The summed E-state index contributed by atoms with van der Waals surface area (Å²) in [6.45, 7) is 8.08. The van der Waals surface area contributed by atoms with Crippen molar-refractivity contribution >= 4 is 33.0 Å². The minimum atomic E-state index is -3.63. The molecule has 0 unspecified atom stereocenters. The monoisotopic (exact) mass is 443 g/mol. The number of hydrogen-bond acceptors (Lipinski definition) is 5. The van der Waals surface area contributed by atoms with E-state index in [9.17, 15) is 13.2 Å². The smallest absolute Gasteiger partial charge is 0.255 e. The third-order valence-electron chi connectivity index (χ3n) is 4.85. The number of aryl methyl sites for hydroxylation is 2. The number of rotatable bonds is 7. The molecular formula is C22H25N3O3S2. The van der Waals surface area contributed by atoms with Gasteiger partial charge in [-0.15, -0.1) is 11.3 Å². The second-order valence-corrected chi connectivity index (χ2v) is 9.85. The molecule has 0 atom stereocenters. The Hall–Kier alpha value is -2.55. The zero-order valence-electron chi connectivity index (χ0n) is 17.5. The molecule has 0 saturated heterocycles. The van der Waals surface area contributed by atoms with Crippen molar-refractivity contribution in [3.8, 4) is 11.3 Å². The van der Waals surface area contributed by atoms with Crippen LogP contribution in [0.2, 0.25) is 0 Å². The number of anilines is 1. The van der Waals surface area contributed by atoms with Gasteiger partial charge in [0.25, 0.3) is 5.91 Å². The van der Waals surface area contributed by atoms with Crippen molar-refractivity contribution in [2.45, 2.75) is 32.6 Å². The van der Waals surface area contributed by atoms with Gasteiger partial charge in [-0.1, -0.05) is 32.0 Å². The number of sulfonamides is 1. The van der Waals surface area contributed by atoms with Crippen molar-refractivity contribution in [1.82, 2.24) is 9.29 Å². The van der Waals surface area contributed by atoms with Gasteiger partial charge in [0.05, 0.1) is 15.6 Å². The van der Waals surface area contributed by atoms with E-state index in [4.69, 9.17) is 0 Å². The van der Waals surface area contributed by atoms with Crippen molar-refractivity contribution in [2.24, 2.45) is 0 Å². The second-order valence-electron chi connectivity index (χ2n) is 6.85. The van der Waals surface area contributed by atoms with Gasteiger partial charge >= 0.3 is 0 Å². The number of benzene rings is 2. The summed E-state index contributed by atoms with van der Waals surface area (Å²) >= 11 is 1.59. The highest BCUT2D eigenvalue weighted by atomic mass is 32.2. The third-order valence-corrected chi connectivity index (χ3v) is 7.67. The van der Waals surface area contributed by atoms with Crippen LogP contribution in [0.5, 0.6) is 0 Å². The van der Waals surface area contributed by atoms with Crippen LogP contribution in [0, 0.1) is 13.8 Å². The summed E-state index contributed by atoms with van der Waals surface area (Å²) < 4.78 is 27.0. The van der Waals surface area contributed by atoms with Crippen molar-refractivity contribution < 1.29 is 13.2 Å². The van der Waals surface area contributed by atoms with Crippen LogP contribution in [-0.2, 0) is 10.0 Å². The van der Waals surface area contributed by atoms with Crippen LogP contribution in [-0.4, -0.2) is 36.7 Å². The van der Waals surface area contributed by atoms with Gasteiger partial charge in [-0.05, 0) is 43.7 Å². The topological polar surface area (TPSA) is 79.4 Å². The van der Waals surface area contributed by atoms with E-state index in [-0.39, 0.29) is 10.8 Å². The van der Waals surface area contributed by atoms with Crippen molar-refractivity contribution in [3.63, 3.8) is 0 Å². The Bertz CT molecular complexity index is 1150. The zero-order chi connectivity index (χ0) is 21.9. The van der Waals surface area contributed by atoms with E-state index in [0.29, 0.717) is 29.9 Å². The Morgan fingerprint density at radius 2 is 1.73 bits per heavy atom. The van der Waals surface area contributed by atoms with Crippen LogP contribution in [0.1, 0.15) is 34.8 Å². The average Bonchev–Trinajstić information content (AvgIpc) is 3.15. The van der Waals surface area contributed by atoms with Gasteiger partial charge in [-0.3, -0.25) is 4.79 Å². The zero-order valence-corrected chi connectivity index (χ0v) is 19.1. The van der Waals surface area contributed by atoms with Crippen LogP contribution in [0.25, 0.3) is 11.3 Å². The molecule has 8 heteroatoms. The lowest BCUT2D eigenvalue weighted by Gasteiger charge is -2.19. The molecule has 3 aromatic rings. The molecule has 0 aliphatic rings. The molecule has 0 fully saturated rings. The number of hydrogen-bond donors (Lipinski definition) is 1. The summed E-state index contributed by atoms with van der Waals surface area (Å²) in [6.07, 6.45) is 0. The molecule has 0 bridgehead atoms. The van der Waals surface area contributed by atoms with Crippen molar-refractivity contribution in [1.29, 1.82) is 0 Å². The van der Waals surface area contributed by atoms with Gasteiger partial charge in [0, 0.05) is 35.3 Å². The fraction of sp³-hybridized carbons (Fsp3) is 0.273. The highest BCUT2D eigenvalue weighted by molar-refractivity contribution is 7.89. The van der Waals surface area contributed by atoms with E-state index < -0.39 is 10.0 Å². The van der Waals surface area contributed by atoms with E-state index in [1.54, 1.807) is 44.2 Å². The molecule has 1 amide bonds. The first kappa shape index (κ1) is 22.1. The number of aromatic nitrogens is 1. The number of nitrogens with one attached hydrogen (secondary N) is 1. The van der Waals surface area contributed by atoms with Crippen LogP contribution < -0.4 is 5.32 Å². The van der Waals surface area contributed by atoms with E-state index in [1.807, 2.05) is 36.6 Å². The largest absolute Gasteiger partial charge is 0.322 e. The number of carbonyl (C=O) groups excluding carboxylic acids is 1. The summed E-state index contributed by atoms with van der Waals surface area (Å²) in [5.41, 5.74) is 3.55. The average molecular weight is 444 g/mol.